The minimum Gasteiger partial charge on any atom is -0.481 e. The standard InChI is InChI=1S/C9H14N4O7S2/c1-19-6-5-7(20-2)11-8(10-6)13(22(4,17)18)9(14)12-21(3,15)16/h5H,1-4H3,(H,12,14). The summed E-state index contributed by atoms with van der Waals surface area (Å²) >= 11 is 0. The Kier molecular flexibility index (Phi) is 5.13. The number of sulfonamides is 2. The van der Waals surface area contributed by atoms with Crippen molar-refractivity contribution in [3.8, 4) is 11.8 Å². The number of rotatable bonds is 5. The maximum absolute atomic E-state index is 11.9. The Labute approximate surface area is 127 Å². The first-order valence-electron chi connectivity index (χ1n) is 5.47. The largest absolute Gasteiger partial charge is 0.481 e. The van der Waals surface area contributed by atoms with Crippen LogP contribution in [0.3, 0.4) is 0 Å². The summed E-state index contributed by atoms with van der Waals surface area (Å²) in [6.07, 6.45) is 1.38. The Hall–Kier alpha value is -2.15. The van der Waals surface area contributed by atoms with Gasteiger partial charge in [-0.05, 0) is 0 Å². The van der Waals surface area contributed by atoms with Crippen molar-refractivity contribution >= 4 is 32.0 Å². The molecular formula is C9H14N4O7S2. The van der Waals surface area contributed by atoms with Crippen LogP contribution in [0, 0.1) is 0 Å². The highest BCUT2D eigenvalue weighted by molar-refractivity contribution is 7.93. The molecule has 11 nitrogen and oxygen atoms in total. The molecule has 0 radical (unpaired) electrons. The van der Waals surface area contributed by atoms with Gasteiger partial charge in [-0.15, -0.1) is 0 Å². The number of carbonyl (C=O) groups excluding carboxylic acids is 1. The van der Waals surface area contributed by atoms with E-state index in [0.29, 0.717) is 12.5 Å². The lowest BCUT2D eigenvalue weighted by Crippen LogP contribution is -2.46. The third-order valence-corrected chi connectivity index (χ3v) is 3.59. The van der Waals surface area contributed by atoms with Crippen LogP contribution in [0.25, 0.3) is 0 Å². The molecule has 0 aliphatic rings. The van der Waals surface area contributed by atoms with E-state index in [2.05, 4.69) is 9.97 Å². The SMILES string of the molecule is COc1cc(OC)nc(N(C(=O)NS(C)(=O)=O)S(C)(=O)=O)n1. The number of hydrogen-bond donors (Lipinski definition) is 1. The number of ether oxygens (including phenoxy) is 2. The molecule has 22 heavy (non-hydrogen) atoms. The second-order valence-corrected chi connectivity index (χ2v) is 7.54. The van der Waals surface area contributed by atoms with Crippen molar-refractivity contribution in [2.24, 2.45) is 0 Å². The molecule has 2 amide bonds. The van der Waals surface area contributed by atoms with Gasteiger partial charge in [-0.3, -0.25) is 0 Å². The van der Waals surface area contributed by atoms with Crippen LogP contribution in [-0.4, -0.2) is 59.6 Å². The van der Waals surface area contributed by atoms with E-state index < -0.39 is 32.0 Å². The van der Waals surface area contributed by atoms with Crippen molar-refractivity contribution in [2.45, 2.75) is 0 Å². The lowest BCUT2D eigenvalue weighted by atomic mass is 10.6. The van der Waals surface area contributed by atoms with Gasteiger partial charge in [0.15, 0.2) is 0 Å². The summed E-state index contributed by atoms with van der Waals surface area (Å²) in [4.78, 5) is 19.3. The maximum Gasteiger partial charge on any atom is 0.351 e. The molecule has 0 unspecified atom stereocenters. The minimum absolute atomic E-state index is 0.0809. The predicted molar refractivity (Wildman–Crippen MR) is 75.8 cm³/mol. The Morgan fingerprint density at radius 1 is 1.09 bits per heavy atom. The molecule has 1 N–H and O–H groups in total. The number of hydrogen-bond acceptors (Lipinski definition) is 9. The number of urea groups is 1. The number of nitrogens with zero attached hydrogens (tertiary/aromatic N) is 3. The summed E-state index contributed by atoms with van der Waals surface area (Å²) in [6, 6.07) is -0.210. The van der Waals surface area contributed by atoms with Gasteiger partial charge in [0.05, 0.1) is 32.8 Å². The van der Waals surface area contributed by atoms with E-state index in [1.54, 1.807) is 0 Å². The zero-order valence-electron chi connectivity index (χ0n) is 12.1. The topological polar surface area (TPSA) is 145 Å². The first-order chi connectivity index (χ1) is 9.97. The molecule has 0 saturated heterocycles. The van der Waals surface area contributed by atoms with Crippen LogP contribution in [0.1, 0.15) is 0 Å². The van der Waals surface area contributed by atoms with Crippen molar-refractivity contribution in [2.75, 3.05) is 31.0 Å². The van der Waals surface area contributed by atoms with Crippen LogP contribution in [0.2, 0.25) is 0 Å². The summed E-state index contributed by atoms with van der Waals surface area (Å²) in [5, 5.41) is 0. The molecule has 0 fully saturated rings. The van der Waals surface area contributed by atoms with E-state index in [4.69, 9.17) is 9.47 Å². The molecule has 124 valence electrons. The van der Waals surface area contributed by atoms with Crippen LogP contribution >= 0.6 is 0 Å². The molecule has 0 aliphatic carbocycles. The van der Waals surface area contributed by atoms with Gasteiger partial charge in [0.25, 0.3) is 5.95 Å². The van der Waals surface area contributed by atoms with Gasteiger partial charge in [-0.25, -0.2) is 26.4 Å². The van der Waals surface area contributed by atoms with Gasteiger partial charge >= 0.3 is 6.03 Å². The summed E-state index contributed by atoms with van der Waals surface area (Å²) in [6.45, 7) is 0. The predicted octanol–water partition coefficient (Wildman–Crippen LogP) is -1.07. The van der Waals surface area contributed by atoms with Crippen molar-refractivity contribution in [3.63, 3.8) is 0 Å². The Bertz CT molecular complexity index is 753. The van der Waals surface area contributed by atoms with Gasteiger partial charge < -0.3 is 9.47 Å². The molecule has 13 heteroatoms. The fourth-order valence-corrected chi connectivity index (χ4v) is 2.47. The minimum atomic E-state index is -4.22. The van der Waals surface area contributed by atoms with E-state index >= 15 is 0 Å². The molecule has 0 atom stereocenters. The third-order valence-electron chi connectivity index (χ3n) is 2.06. The van der Waals surface area contributed by atoms with Crippen LogP contribution in [0.4, 0.5) is 10.7 Å². The average Bonchev–Trinajstić information content (AvgIpc) is 2.34. The van der Waals surface area contributed by atoms with Crippen LogP contribution in [0.5, 0.6) is 11.8 Å². The quantitative estimate of drug-likeness (QED) is 0.698. The number of anilines is 1. The van der Waals surface area contributed by atoms with Gasteiger partial charge in [-0.1, -0.05) is 0 Å². The molecular weight excluding hydrogens is 340 g/mol. The molecule has 0 aromatic carbocycles. The van der Waals surface area contributed by atoms with Crippen LogP contribution in [0.15, 0.2) is 6.07 Å². The number of amides is 2. The molecule has 1 aromatic heterocycles. The first kappa shape index (κ1) is 17.9. The molecule has 0 spiro atoms. The zero-order valence-corrected chi connectivity index (χ0v) is 13.7. The second kappa shape index (κ2) is 6.31. The van der Waals surface area contributed by atoms with E-state index in [1.807, 2.05) is 0 Å². The van der Waals surface area contributed by atoms with E-state index in [1.165, 1.54) is 25.0 Å². The Morgan fingerprint density at radius 2 is 1.55 bits per heavy atom. The number of carbonyl (C=O) groups is 1. The maximum atomic E-state index is 11.9. The van der Waals surface area contributed by atoms with Gasteiger partial charge in [0.2, 0.25) is 31.8 Å². The van der Waals surface area contributed by atoms with Crippen molar-refractivity contribution in [1.29, 1.82) is 0 Å². The summed E-state index contributed by atoms with van der Waals surface area (Å²) < 4.78 is 57.0. The summed E-state index contributed by atoms with van der Waals surface area (Å²) in [5.74, 6) is -0.787. The lowest BCUT2D eigenvalue weighted by molar-refractivity contribution is 0.253. The van der Waals surface area contributed by atoms with Crippen LogP contribution in [-0.2, 0) is 20.0 Å². The molecule has 1 aromatic rings. The first-order valence-corrected chi connectivity index (χ1v) is 9.21. The van der Waals surface area contributed by atoms with Gasteiger partial charge in [0.1, 0.15) is 0 Å². The van der Waals surface area contributed by atoms with Gasteiger partial charge in [0, 0.05) is 0 Å². The fourth-order valence-electron chi connectivity index (χ4n) is 1.28. The molecule has 0 aliphatic heterocycles. The monoisotopic (exact) mass is 354 g/mol. The zero-order chi connectivity index (χ0) is 17.1. The van der Waals surface area contributed by atoms with Crippen molar-refractivity contribution in [3.05, 3.63) is 6.07 Å². The smallest absolute Gasteiger partial charge is 0.351 e. The number of nitrogens with one attached hydrogen (secondary N) is 1. The summed E-state index contributed by atoms with van der Waals surface area (Å²) in [7, 11) is -5.70. The molecule has 0 bridgehead atoms. The lowest BCUT2D eigenvalue weighted by Gasteiger charge is -2.18. The normalized spacial score (nSPS) is 11.6. The van der Waals surface area contributed by atoms with Gasteiger partial charge in [-0.2, -0.15) is 14.3 Å². The molecule has 1 rings (SSSR count). The Balaban J connectivity index is 3.44. The third kappa shape index (κ3) is 4.70. The highest BCUT2D eigenvalue weighted by Crippen LogP contribution is 2.21. The van der Waals surface area contributed by atoms with Crippen molar-refractivity contribution in [1.82, 2.24) is 14.7 Å². The van der Waals surface area contributed by atoms with E-state index in [0.717, 1.165) is 0 Å². The fraction of sp³-hybridized carbons (Fsp3) is 0.444. The molecule has 0 saturated carbocycles. The number of aromatic nitrogens is 2. The number of methoxy groups -OCH3 is 2. The highest BCUT2D eigenvalue weighted by atomic mass is 32.2. The second-order valence-electron chi connectivity index (χ2n) is 3.96. The molecule has 1 heterocycles. The highest BCUT2D eigenvalue weighted by Gasteiger charge is 2.31. The summed E-state index contributed by atoms with van der Waals surface area (Å²) in [5.41, 5.74) is 0. The van der Waals surface area contributed by atoms with Crippen molar-refractivity contribution < 1.29 is 31.1 Å². The van der Waals surface area contributed by atoms with Crippen LogP contribution < -0.4 is 18.5 Å². The average molecular weight is 354 g/mol. The van der Waals surface area contributed by atoms with E-state index in [9.17, 15) is 21.6 Å². The van der Waals surface area contributed by atoms with E-state index in [-0.39, 0.29) is 16.1 Å². The Morgan fingerprint density at radius 3 is 1.86 bits per heavy atom.